The maximum absolute atomic E-state index is 11.8. The van der Waals surface area contributed by atoms with Gasteiger partial charge in [-0.1, -0.05) is 6.07 Å². The molecule has 18 heavy (non-hydrogen) atoms. The summed E-state index contributed by atoms with van der Waals surface area (Å²) < 4.78 is 0. The predicted molar refractivity (Wildman–Crippen MR) is 71.1 cm³/mol. The van der Waals surface area contributed by atoms with E-state index in [1.165, 1.54) is 0 Å². The van der Waals surface area contributed by atoms with Crippen LogP contribution in [0.15, 0.2) is 24.5 Å². The lowest BCUT2D eigenvalue weighted by atomic mass is 9.86. The fourth-order valence-corrected chi connectivity index (χ4v) is 1.37. The molecule has 1 aromatic heterocycles. The largest absolute Gasteiger partial charge is 0.388 e. The molecule has 0 unspecified atom stereocenters. The average molecular weight is 250 g/mol. The third-order valence-electron chi connectivity index (χ3n) is 3.34. The number of nitrogens with zero attached hydrogens (tertiary/aromatic N) is 1. The highest BCUT2D eigenvalue weighted by Gasteiger charge is 2.36. The van der Waals surface area contributed by atoms with Gasteiger partial charge < -0.3 is 10.4 Å². The van der Waals surface area contributed by atoms with E-state index in [9.17, 15) is 9.90 Å². The molecule has 0 aliphatic heterocycles. The van der Waals surface area contributed by atoms with Crippen molar-refractivity contribution in [2.75, 3.05) is 0 Å². The van der Waals surface area contributed by atoms with Crippen molar-refractivity contribution in [1.82, 2.24) is 10.3 Å². The van der Waals surface area contributed by atoms with Crippen LogP contribution in [0.5, 0.6) is 0 Å². The van der Waals surface area contributed by atoms with Crippen LogP contribution in [0.25, 0.3) is 0 Å². The minimum absolute atomic E-state index is 0.0639. The Labute approximate surface area is 108 Å². The highest BCUT2D eigenvalue weighted by Crippen LogP contribution is 2.20. The van der Waals surface area contributed by atoms with Gasteiger partial charge in [0.2, 0.25) is 5.91 Å². The molecule has 0 saturated carbocycles. The van der Waals surface area contributed by atoms with Gasteiger partial charge in [-0.2, -0.15) is 0 Å². The maximum Gasteiger partial charge on any atom is 0.220 e. The molecule has 0 spiro atoms. The monoisotopic (exact) mass is 250 g/mol. The molecule has 0 aromatic carbocycles. The fourth-order valence-electron chi connectivity index (χ4n) is 1.37. The van der Waals surface area contributed by atoms with E-state index in [4.69, 9.17) is 0 Å². The van der Waals surface area contributed by atoms with Crippen LogP contribution in [0.2, 0.25) is 0 Å². The van der Waals surface area contributed by atoms with Crippen LogP contribution in [-0.4, -0.2) is 27.1 Å². The molecule has 0 atom stereocenters. The highest BCUT2D eigenvalue weighted by molar-refractivity contribution is 5.77. The lowest BCUT2D eigenvalue weighted by Crippen LogP contribution is -2.57. The summed E-state index contributed by atoms with van der Waals surface area (Å²) in [5.74, 6) is -0.0639. The van der Waals surface area contributed by atoms with E-state index in [2.05, 4.69) is 10.3 Å². The van der Waals surface area contributed by atoms with Gasteiger partial charge >= 0.3 is 0 Å². The van der Waals surface area contributed by atoms with E-state index >= 15 is 0 Å². The normalized spacial score (nSPS) is 12.3. The molecule has 1 heterocycles. The van der Waals surface area contributed by atoms with E-state index in [1.54, 1.807) is 26.2 Å². The summed E-state index contributed by atoms with van der Waals surface area (Å²) in [6.45, 7) is 7.01. The molecular weight excluding hydrogens is 228 g/mol. The van der Waals surface area contributed by atoms with Crippen LogP contribution in [0.3, 0.4) is 0 Å². The third kappa shape index (κ3) is 4.11. The molecule has 100 valence electrons. The van der Waals surface area contributed by atoms with Crippen LogP contribution < -0.4 is 5.32 Å². The molecule has 0 saturated heterocycles. The Morgan fingerprint density at radius 2 is 2.06 bits per heavy atom. The number of amides is 1. The second-order valence-electron chi connectivity index (χ2n) is 5.59. The zero-order valence-corrected chi connectivity index (χ0v) is 11.5. The molecular formula is C14H22N2O2. The van der Waals surface area contributed by atoms with Crippen molar-refractivity contribution >= 4 is 5.91 Å². The van der Waals surface area contributed by atoms with Gasteiger partial charge in [0.25, 0.3) is 0 Å². The van der Waals surface area contributed by atoms with Crippen molar-refractivity contribution in [1.29, 1.82) is 0 Å². The molecule has 1 amide bonds. The van der Waals surface area contributed by atoms with Crippen molar-refractivity contribution in [2.45, 2.75) is 51.7 Å². The third-order valence-corrected chi connectivity index (χ3v) is 3.34. The van der Waals surface area contributed by atoms with Gasteiger partial charge in [-0.25, -0.2) is 0 Å². The predicted octanol–water partition coefficient (Wildman–Crippen LogP) is 1.68. The number of aryl methyl sites for hydroxylation is 1. The highest BCUT2D eigenvalue weighted by atomic mass is 16.3. The zero-order chi connectivity index (χ0) is 13.8. The number of hydrogen-bond acceptors (Lipinski definition) is 3. The van der Waals surface area contributed by atoms with E-state index in [-0.39, 0.29) is 5.91 Å². The quantitative estimate of drug-likeness (QED) is 0.835. The summed E-state index contributed by atoms with van der Waals surface area (Å²) in [7, 11) is 0. The minimum Gasteiger partial charge on any atom is -0.388 e. The van der Waals surface area contributed by atoms with Crippen LogP contribution in [0, 0.1) is 0 Å². The van der Waals surface area contributed by atoms with Gasteiger partial charge in [-0.3, -0.25) is 9.78 Å². The van der Waals surface area contributed by atoms with Gasteiger partial charge in [0.05, 0.1) is 11.1 Å². The number of carbonyl (C=O) groups is 1. The molecule has 0 radical (unpaired) electrons. The van der Waals surface area contributed by atoms with Crippen LogP contribution in [0.1, 0.15) is 39.7 Å². The smallest absolute Gasteiger partial charge is 0.220 e. The van der Waals surface area contributed by atoms with Gasteiger partial charge in [0, 0.05) is 18.8 Å². The van der Waals surface area contributed by atoms with E-state index in [0.29, 0.717) is 12.8 Å². The summed E-state index contributed by atoms with van der Waals surface area (Å²) in [4.78, 5) is 15.8. The number of carbonyl (C=O) groups excluding carboxylic acids is 1. The first-order valence-corrected chi connectivity index (χ1v) is 6.15. The fraction of sp³-hybridized carbons (Fsp3) is 0.571. The Balaban J connectivity index is 2.48. The molecule has 1 aromatic rings. The Bertz CT molecular complexity index is 394. The number of aliphatic hydroxyl groups is 1. The molecule has 4 heteroatoms. The Morgan fingerprint density at radius 1 is 1.39 bits per heavy atom. The number of pyridine rings is 1. The summed E-state index contributed by atoms with van der Waals surface area (Å²) >= 11 is 0. The second-order valence-corrected chi connectivity index (χ2v) is 5.59. The first-order valence-electron chi connectivity index (χ1n) is 6.15. The van der Waals surface area contributed by atoms with Gasteiger partial charge in [0.1, 0.15) is 0 Å². The van der Waals surface area contributed by atoms with Gasteiger partial charge in [-0.15, -0.1) is 0 Å². The molecule has 4 nitrogen and oxygen atoms in total. The topological polar surface area (TPSA) is 62.2 Å². The van der Waals surface area contributed by atoms with Gasteiger partial charge in [0.15, 0.2) is 0 Å². The molecule has 1 rings (SSSR count). The second kappa shape index (κ2) is 5.48. The van der Waals surface area contributed by atoms with Gasteiger partial charge in [-0.05, 0) is 45.7 Å². The van der Waals surface area contributed by atoms with Crippen molar-refractivity contribution in [3.8, 4) is 0 Å². The molecule has 2 N–H and O–H groups in total. The number of hydrogen-bond donors (Lipinski definition) is 2. The SMILES string of the molecule is CC(C)(O)C(C)(C)NC(=O)CCc1cccnc1. The molecule has 0 bridgehead atoms. The van der Waals surface area contributed by atoms with Crippen LogP contribution in [0.4, 0.5) is 0 Å². The number of nitrogens with one attached hydrogen (secondary N) is 1. The molecule has 0 aliphatic carbocycles. The Kier molecular flexibility index (Phi) is 4.46. The Morgan fingerprint density at radius 3 is 2.56 bits per heavy atom. The van der Waals surface area contributed by atoms with E-state index in [0.717, 1.165) is 5.56 Å². The van der Waals surface area contributed by atoms with Crippen molar-refractivity contribution < 1.29 is 9.90 Å². The standard InChI is InChI=1S/C14H22N2O2/c1-13(2,14(3,4)18)16-12(17)8-7-11-6-5-9-15-10-11/h5-6,9-10,18H,7-8H2,1-4H3,(H,16,17). The Hall–Kier alpha value is -1.42. The zero-order valence-electron chi connectivity index (χ0n) is 11.5. The first kappa shape index (κ1) is 14.6. The lowest BCUT2D eigenvalue weighted by Gasteiger charge is -2.38. The summed E-state index contributed by atoms with van der Waals surface area (Å²) in [6.07, 6.45) is 4.52. The van der Waals surface area contributed by atoms with Crippen molar-refractivity contribution in [2.24, 2.45) is 0 Å². The number of aromatic nitrogens is 1. The molecule has 0 fully saturated rings. The van der Waals surface area contributed by atoms with E-state index in [1.807, 2.05) is 26.0 Å². The lowest BCUT2D eigenvalue weighted by molar-refractivity contribution is -0.126. The summed E-state index contributed by atoms with van der Waals surface area (Å²) in [6, 6.07) is 3.80. The maximum atomic E-state index is 11.8. The summed E-state index contributed by atoms with van der Waals surface area (Å²) in [5, 5.41) is 12.8. The van der Waals surface area contributed by atoms with Crippen LogP contribution >= 0.6 is 0 Å². The first-order chi connectivity index (χ1) is 8.22. The molecule has 0 aliphatic rings. The van der Waals surface area contributed by atoms with E-state index < -0.39 is 11.1 Å². The summed E-state index contributed by atoms with van der Waals surface area (Å²) in [5.41, 5.74) is -0.579. The van der Waals surface area contributed by atoms with Crippen molar-refractivity contribution in [3.63, 3.8) is 0 Å². The average Bonchev–Trinajstić information content (AvgIpc) is 2.26. The van der Waals surface area contributed by atoms with Crippen LogP contribution in [-0.2, 0) is 11.2 Å². The number of rotatable bonds is 5. The minimum atomic E-state index is -0.961. The van der Waals surface area contributed by atoms with Crippen molar-refractivity contribution in [3.05, 3.63) is 30.1 Å².